The van der Waals surface area contributed by atoms with Crippen LogP contribution >= 0.6 is 0 Å². The van der Waals surface area contributed by atoms with Crippen molar-refractivity contribution in [2.24, 2.45) is 5.92 Å². The lowest BCUT2D eigenvalue weighted by molar-refractivity contribution is -0.385. The maximum absolute atomic E-state index is 12.7. The highest BCUT2D eigenvalue weighted by Crippen LogP contribution is 2.33. The molecule has 0 amide bonds. The number of carbonyl (C=O) groups is 1. The van der Waals surface area contributed by atoms with Gasteiger partial charge in [0.25, 0.3) is 5.69 Å². The summed E-state index contributed by atoms with van der Waals surface area (Å²) in [5, 5.41) is 11.2. The van der Waals surface area contributed by atoms with E-state index in [1.807, 2.05) is 0 Å². The van der Waals surface area contributed by atoms with Crippen molar-refractivity contribution >= 4 is 21.7 Å². The number of nitrogens with zero attached hydrogens (tertiary/aromatic N) is 2. The summed E-state index contributed by atoms with van der Waals surface area (Å²) in [7, 11) is -3.60. The molecule has 0 atom stereocenters. The monoisotopic (exact) mass is 462 g/mol. The van der Waals surface area contributed by atoms with E-state index in [0.717, 1.165) is 0 Å². The number of esters is 1. The van der Waals surface area contributed by atoms with Gasteiger partial charge in [-0.1, -0.05) is 18.2 Å². The van der Waals surface area contributed by atoms with Crippen LogP contribution in [0.4, 0.5) is 5.69 Å². The minimum Gasteiger partial charge on any atom is -0.467 e. The number of piperidine rings is 1. The van der Waals surface area contributed by atoms with E-state index >= 15 is 0 Å². The molecule has 0 bridgehead atoms. The van der Waals surface area contributed by atoms with Crippen LogP contribution < -0.4 is 4.74 Å². The molecular formula is C21H22N2O8S. The van der Waals surface area contributed by atoms with E-state index in [1.165, 1.54) is 16.4 Å². The molecule has 0 aromatic heterocycles. The van der Waals surface area contributed by atoms with Gasteiger partial charge in [-0.15, -0.1) is 0 Å². The van der Waals surface area contributed by atoms with Crippen molar-refractivity contribution in [1.82, 2.24) is 4.31 Å². The highest BCUT2D eigenvalue weighted by molar-refractivity contribution is 7.89. The number of sulfonamides is 1. The van der Waals surface area contributed by atoms with Crippen LogP contribution in [0.15, 0.2) is 47.4 Å². The lowest BCUT2D eigenvalue weighted by Gasteiger charge is -2.30. The Kier molecular flexibility index (Phi) is 6.40. The van der Waals surface area contributed by atoms with Gasteiger partial charge in [0, 0.05) is 36.3 Å². The Morgan fingerprint density at radius 1 is 1.19 bits per heavy atom. The number of fused-ring (bicyclic) bond motifs is 1. The lowest BCUT2D eigenvalue weighted by atomic mass is 9.98. The number of rotatable bonds is 6. The molecule has 2 aliphatic rings. The summed E-state index contributed by atoms with van der Waals surface area (Å²) in [6.07, 6.45) is 0.671. The maximum Gasteiger partial charge on any atom is 0.309 e. The van der Waals surface area contributed by atoms with E-state index in [0.29, 0.717) is 29.7 Å². The SMILES string of the molecule is O=C(OCc1cc([N+](=O)[O-])cc2c1OCOC2)C1CCN(S(=O)(=O)c2ccccc2)CC1. The average molecular weight is 462 g/mol. The van der Waals surface area contributed by atoms with Gasteiger partial charge in [0.2, 0.25) is 10.0 Å². The number of hydrogen-bond donors (Lipinski definition) is 0. The summed E-state index contributed by atoms with van der Waals surface area (Å²) in [5.74, 6) is -0.483. The summed E-state index contributed by atoms with van der Waals surface area (Å²) in [6.45, 7) is 0.436. The molecule has 32 heavy (non-hydrogen) atoms. The first-order valence-corrected chi connectivity index (χ1v) is 11.5. The Morgan fingerprint density at radius 3 is 2.59 bits per heavy atom. The van der Waals surface area contributed by atoms with Crippen molar-refractivity contribution in [2.45, 2.75) is 31.0 Å². The quantitative estimate of drug-likeness (QED) is 0.364. The summed E-state index contributed by atoms with van der Waals surface area (Å²) in [4.78, 5) is 23.5. The molecule has 0 unspecified atom stereocenters. The van der Waals surface area contributed by atoms with E-state index in [1.54, 1.807) is 30.3 Å². The number of nitro benzene ring substituents is 1. The number of nitro groups is 1. The second-order valence-corrected chi connectivity index (χ2v) is 9.50. The Bertz CT molecular complexity index is 1110. The van der Waals surface area contributed by atoms with Crippen LogP contribution in [0.25, 0.3) is 0 Å². The molecule has 1 saturated heterocycles. The van der Waals surface area contributed by atoms with Gasteiger partial charge in [0.15, 0.2) is 6.79 Å². The molecule has 0 radical (unpaired) electrons. The Balaban J connectivity index is 1.38. The predicted octanol–water partition coefficient (Wildman–Crippen LogP) is 2.61. The third-order valence-corrected chi connectivity index (χ3v) is 7.43. The molecule has 2 aromatic carbocycles. The van der Waals surface area contributed by atoms with Crippen molar-refractivity contribution < 1.29 is 32.3 Å². The molecule has 170 valence electrons. The molecule has 2 aromatic rings. The number of hydrogen-bond acceptors (Lipinski definition) is 8. The molecular weight excluding hydrogens is 440 g/mol. The second-order valence-electron chi connectivity index (χ2n) is 7.56. The second kappa shape index (κ2) is 9.23. The molecule has 0 N–H and O–H groups in total. The standard InChI is InChI=1S/C21H22N2O8S/c24-21(15-6-8-22(9-7-15)32(27,28)19-4-2-1-3-5-19)30-13-17-11-18(23(25)26)10-16-12-29-14-31-20(16)17/h1-5,10-11,15H,6-9,12-14H2. The minimum atomic E-state index is -3.60. The topological polar surface area (TPSA) is 125 Å². The zero-order valence-electron chi connectivity index (χ0n) is 17.1. The third kappa shape index (κ3) is 4.59. The number of benzene rings is 2. The molecule has 0 saturated carbocycles. The Hall–Kier alpha value is -3.02. The van der Waals surface area contributed by atoms with Crippen LogP contribution in [0.1, 0.15) is 24.0 Å². The fourth-order valence-corrected chi connectivity index (χ4v) is 5.32. The van der Waals surface area contributed by atoms with Gasteiger partial charge in [0.05, 0.1) is 22.3 Å². The zero-order valence-corrected chi connectivity index (χ0v) is 18.0. The number of ether oxygens (including phenoxy) is 3. The first kappa shape index (κ1) is 22.2. The van der Waals surface area contributed by atoms with Gasteiger partial charge in [-0.3, -0.25) is 14.9 Å². The van der Waals surface area contributed by atoms with Gasteiger partial charge in [0.1, 0.15) is 12.4 Å². The molecule has 2 aliphatic heterocycles. The van der Waals surface area contributed by atoms with Gasteiger partial charge in [-0.25, -0.2) is 8.42 Å². The third-order valence-electron chi connectivity index (χ3n) is 5.52. The van der Waals surface area contributed by atoms with Crippen molar-refractivity contribution in [3.63, 3.8) is 0 Å². The van der Waals surface area contributed by atoms with Crippen molar-refractivity contribution in [2.75, 3.05) is 19.9 Å². The first-order valence-electron chi connectivity index (χ1n) is 10.1. The number of carbonyl (C=O) groups excluding carboxylic acids is 1. The molecule has 0 spiro atoms. The molecule has 11 heteroatoms. The Morgan fingerprint density at radius 2 is 1.91 bits per heavy atom. The van der Waals surface area contributed by atoms with Gasteiger partial charge >= 0.3 is 5.97 Å². The summed E-state index contributed by atoms with van der Waals surface area (Å²) >= 11 is 0. The summed E-state index contributed by atoms with van der Waals surface area (Å²) < 4.78 is 42.9. The van der Waals surface area contributed by atoms with Crippen molar-refractivity contribution in [3.8, 4) is 5.75 Å². The lowest BCUT2D eigenvalue weighted by Crippen LogP contribution is -2.40. The summed E-state index contributed by atoms with van der Waals surface area (Å²) in [5.41, 5.74) is 0.786. The fourth-order valence-electron chi connectivity index (χ4n) is 3.83. The molecule has 0 aliphatic carbocycles. The van der Waals surface area contributed by atoms with Crippen LogP contribution in [-0.2, 0) is 37.5 Å². The molecule has 4 rings (SSSR count). The van der Waals surface area contributed by atoms with Crippen LogP contribution in [0.3, 0.4) is 0 Å². The van der Waals surface area contributed by atoms with E-state index in [9.17, 15) is 23.3 Å². The first-order chi connectivity index (χ1) is 15.4. The highest BCUT2D eigenvalue weighted by atomic mass is 32.2. The van der Waals surface area contributed by atoms with Crippen molar-refractivity contribution in [3.05, 3.63) is 63.7 Å². The van der Waals surface area contributed by atoms with Gasteiger partial charge in [-0.2, -0.15) is 4.31 Å². The van der Waals surface area contributed by atoms with E-state index in [4.69, 9.17) is 14.2 Å². The molecule has 2 heterocycles. The normalized spacial score (nSPS) is 17.2. The van der Waals surface area contributed by atoms with E-state index in [2.05, 4.69) is 0 Å². The van der Waals surface area contributed by atoms with Crippen LogP contribution in [0.5, 0.6) is 5.75 Å². The van der Waals surface area contributed by atoms with Crippen LogP contribution in [0.2, 0.25) is 0 Å². The van der Waals surface area contributed by atoms with Crippen LogP contribution in [0, 0.1) is 16.0 Å². The van der Waals surface area contributed by atoms with Crippen LogP contribution in [-0.4, -0.2) is 43.5 Å². The Labute approximate surface area is 184 Å². The zero-order chi connectivity index (χ0) is 22.7. The molecule has 1 fully saturated rings. The van der Waals surface area contributed by atoms with E-state index in [-0.39, 0.29) is 43.7 Å². The highest BCUT2D eigenvalue weighted by Gasteiger charge is 2.33. The van der Waals surface area contributed by atoms with E-state index < -0.39 is 26.8 Å². The van der Waals surface area contributed by atoms with Gasteiger partial charge < -0.3 is 14.2 Å². The number of non-ortho nitro benzene ring substituents is 1. The minimum absolute atomic E-state index is 0.0140. The van der Waals surface area contributed by atoms with Gasteiger partial charge in [-0.05, 0) is 25.0 Å². The smallest absolute Gasteiger partial charge is 0.309 e. The largest absolute Gasteiger partial charge is 0.467 e. The fraction of sp³-hybridized carbons (Fsp3) is 0.381. The summed E-state index contributed by atoms with van der Waals surface area (Å²) in [6, 6.07) is 10.9. The molecule has 10 nitrogen and oxygen atoms in total. The average Bonchev–Trinajstić information content (AvgIpc) is 2.82. The maximum atomic E-state index is 12.7. The van der Waals surface area contributed by atoms with Crippen molar-refractivity contribution in [1.29, 1.82) is 0 Å². The predicted molar refractivity (Wildman–Crippen MR) is 111 cm³/mol.